The predicted octanol–water partition coefficient (Wildman–Crippen LogP) is 2.32. The zero-order chi connectivity index (χ0) is 16.8. The zero-order valence-electron chi connectivity index (χ0n) is 12.8. The molecule has 0 amide bonds. The van der Waals surface area contributed by atoms with Crippen molar-refractivity contribution in [1.29, 1.82) is 0 Å². The van der Waals surface area contributed by atoms with E-state index in [4.69, 9.17) is 9.84 Å². The molecule has 24 heavy (non-hydrogen) atoms. The number of carboxylic acids is 1. The molecule has 1 aromatic heterocycles. The minimum absolute atomic E-state index is 0.102. The molecule has 0 aliphatic heterocycles. The van der Waals surface area contributed by atoms with E-state index in [0.717, 1.165) is 11.1 Å². The topological polar surface area (TPSA) is 90.1 Å². The Bertz CT molecular complexity index is 773. The Morgan fingerprint density at radius 3 is 2.50 bits per heavy atom. The molecule has 0 spiro atoms. The van der Waals surface area contributed by atoms with E-state index in [2.05, 4.69) is 15.5 Å². The third-order valence-electron chi connectivity index (χ3n) is 3.57. The highest BCUT2D eigenvalue weighted by Crippen LogP contribution is 2.23. The van der Waals surface area contributed by atoms with E-state index in [9.17, 15) is 4.79 Å². The van der Waals surface area contributed by atoms with Gasteiger partial charge in [0.2, 0.25) is 0 Å². The Balaban J connectivity index is 1.71. The summed E-state index contributed by atoms with van der Waals surface area (Å²) >= 11 is 0. The molecule has 0 radical (unpaired) electrons. The van der Waals surface area contributed by atoms with Gasteiger partial charge in [-0.05, 0) is 33.7 Å². The maximum absolute atomic E-state index is 11.1. The number of carbonyl (C=O) groups is 1. The molecular weight excluding hydrogens is 308 g/mol. The molecule has 1 atom stereocenters. The molecule has 122 valence electrons. The van der Waals surface area contributed by atoms with Crippen LogP contribution in [0.1, 0.15) is 23.6 Å². The van der Waals surface area contributed by atoms with Gasteiger partial charge in [0.15, 0.2) is 0 Å². The largest absolute Gasteiger partial charge is 0.489 e. The van der Waals surface area contributed by atoms with E-state index in [1.807, 2.05) is 54.6 Å². The fourth-order valence-corrected chi connectivity index (χ4v) is 2.37. The normalized spacial score (nSPS) is 11.8. The number of aromatic nitrogens is 4. The smallest absolute Gasteiger partial charge is 0.305 e. The Hall–Kier alpha value is -3.22. The van der Waals surface area contributed by atoms with Gasteiger partial charge >= 0.3 is 5.97 Å². The van der Waals surface area contributed by atoms with E-state index in [1.54, 1.807) is 0 Å². The minimum Gasteiger partial charge on any atom is -0.489 e. The average molecular weight is 324 g/mol. The zero-order valence-corrected chi connectivity index (χ0v) is 12.8. The maximum atomic E-state index is 11.1. The van der Waals surface area contributed by atoms with Crippen molar-refractivity contribution < 1.29 is 14.6 Å². The third-order valence-corrected chi connectivity index (χ3v) is 3.57. The quantitative estimate of drug-likeness (QED) is 0.717. The number of nitrogens with zero attached hydrogens (tertiary/aromatic N) is 4. The molecule has 0 saturated carbocycles. The van der Waals surface area contributed by atoms with Crippen LogP contribution in [0.3, 0.4) is 0 Å². The molecule has 7 nitrogen and oxygen atoms in total. The number of hydrogen-bond acceptors (Lipinski definition) is 5. The minimum atomic E-state index is -0.917. The molecule has 0 aliphatic rings. The number of hydrogen-bond donors (Lipinski definition) is 1. The van der Waals surface area contributed by atoms with Crippen molar-refractivity contribution in [1.82, 2.24) is 20.2 Å². The lowest BCUT2D eigenvalue weighted by Crippen LogP contribution is -2.15. The van der Waals surface area contributed by atoms with Gasteiger partial charge in [0.1, 0.15) is 18.7 Å². The summed E-state index contributed by atoms with van der Waals surface area (Å²) in [5.41, 5.74) is 1.88. The molecule has 7 heteroatoms. The Kier molecular flexibility index (Phi) is 4.81. The molecule has 0 aliphatic carbocycles. The Morgan fingerprint density at radius 1 is 1.12 bits per heavy atom. The Morgan fingerprint density at radius 2 is 1.88 bits per heavy atom. The summed E-state index contributed by atoms with van der Waals surface area (Å²) in [6.45, 7) is 0.478. The summed E-state index contributed by atoms with van der Waals surface area (Å²) in [5, 5.41) is 20.1. The van der Waals surface area contributed by atoms with Crippen LogP contribution in [0.4, 0.5) is 0 Å². The van der Waals surface area contributed by atoms with Gasteiger partial charge < -0.3 is 9.84 Å². The van der Waals surface area contributed by atoms with E-state index >= 15 is 0 Å². The number of rotatable bonds is 7. The Labute approximate surface area is 138 Å². The van der Waals surface area contributed by atoms with Crippen LogP contribution in [0.25, 0.3) is 0 Å². The average Bonchev–Trinajstić information content (AvgIpc) is 3.13. The molecule has 0 saturated heterocycles. The number of tetrazole rings is 1. The first-order valence-electron chi connectivity index (χ1n) is 7.43. The number of aliphatic carboxylic acids is 1. The van der Waals surface area contributed by atoms with Gasteiger partial charge in [-0.1, -0.05) is 42.5 Å². The fraction of sp³-hybridized carbons (Fsp3) is 0.176. The van der Waals surface area contributed by atoms with Crippen molar-refractivity contribution in [3.05, 3.63) is 72.1 Å². The highest BCUT2D eigenvalue weighted by atomic mass is 16.5. The van der Waals surface area contributed by atoms with Crippen LogP contribution in [0.5, 0.6) is 5.75 Å². The van der Waals surface area contributed by atoms with Gasteiger partial charge in [-0.15, -0.1) is 5.10 Å². The molecular formula is C17H16N4O3. The molecule has 0 bridgehead atoms. The van der Waals surface area contributed by atoms with Crippen molar-refractivity contribution in [3.63, 3.8) is 0 Å². The summed E-state index contributed by atoms with van der Waals surface area (Å²) in [6.07, 6.45) is 1.31. The van der Waals surface area contributed by atoms with Crippen LogP contribution in [0.2, 0.25) is 0 Å². The van der Waals surface area contributed by atoms with E-state index < -0.39 is 12.0 Å². The summed E-state index contributed by atoms with van der Waals surface area (Å²) in [5.74, 6) is -0.201. The van der Waals surface area contributed by atoms with Gasteiger partial charge in [0.05, 0.1) is 12.5 Å². The van der Waals surface area contributed by atoms with E-state index in [1.165, 1.54) is 11.0 Å². The van der Waals surface area contributed by atoms with Gasteiger partial charge in [0.25, 0.3) is 0 Å². The van der Waals surface area contributed by atoms with Crippen LogP contribution >= 0.6 is 0 Å². The number of ether oxygens (including phenoxy) is 1. The predicted molar refractivity (Wildman–Crippen MR) is 85.4 cm³/mol. The highest BCUT2D eigenvalue weighted by molar-refractivity contribution is 5.68. The first-order valence-corrected chi connectivity index (χ1v) is 7.43. The highest BCUT2D eigenvalue weighted by Gasteiger charge is 2.18. The first-order chi connectivity index (χ1) is 11.7. The second kappa shape index (κ2) is 7.36. The number of benzene rings is 2. The lowest BCUT2D eigenvalue weighted by Gasteiger charge is -2.15. The van der Waals surface area contributed by atoms with E-state index in [0.29, 0.717) is 12.4 Å². The van der Waals surface area contributed by atoms with Crippen LogP contribution in [0, 0.1) is 0 Å². The fourth-order valence-electron chi connectivity index (χ4n) is 2.37. The lowest BCUT2D eigenvalue weighted by molar-refractivity contribution is -0.137. The van der Waals surface area contributed by atoms with Crippen LogP contribution in [0.15, 0.2) is 60.9 Å². The summed E-state index contributed by atoms with van der Waals surface area (Å²) in [4.78, 5) is 11.1. The van der Waals surface area contributed by atoms with Gasteiger partial charge in [-0.3, -0.25) is 4.79 Å². The molecule has 1 N–H and O–H groups in total. The number of carboxylic acid groups (broad SMARTS) is 1. The molecule has 0 unspecified atom stereocenters. The second-order valence-electron chi connectivity index (χ2n) is 5.25. The standard InChI is InChI=1S/C17H16N4O3/c22-17(23)10-16(21-12-18-19-20-21)14-6-8-15(9-7-14)24-11-13-4-2-1-3-5-13/h1-9,12,16H,10-11H2,(H,22,23)/t16-/m0/s1. The lowest BCUT2D eigenvalue weighted by atomic mass is 10.0. The van der Waals surface area contributed by atoms with Crippen LogP contribution in [-0.4, -0.2) is 31.3 Å². The molecule has 0 fully saturated rings. The summed E-state index contributed by atoms with van der Waals surface area (Å²) in [7, 11) is 0. The van der Waals surface area contributed by atoms with Crippen molar-refractivity contribution >= 4 is 5.97 Å². The van der Waals surface area contributed by atoms with Crippen LogP contribution in [-0.2, 0) is 11.4 Å². The van der Waals surface area contributed by atoms with Crippen molar-refractivity contribution in [2.24, 2.45) is 0 Å². The molecule has 2 aromatic carbocycles. The van der Waals surface area contributed by atoms with Crippen molar-refractivity contribution in [2.75, 3.05) is 0 Å². The summed E-state index contributed by atoms with van der Waals surface area (Å²) < 4.78 is 7.17. The van der Waals surface area contributed by atoms with Gasteiger partial charge in [-0.25, -0.2) is 4.68 Å². The SMILES string of the molecule is O=C(O)C[C@@H](c1ccc(OCc2ccccc2)cc1)n1cnnn1. The van der Waals surface area contributed by atoms with E-state index in [-0.39, 0.29) is 6.42 Å². The third kappa shape index (κ3) is 3.95. The van der Waals surface area contributed by atoms with Gasteiger partial charge in [-0.2, -0.15) is 0 Å². The maximum Gasteiger partial charge on any atom is 0.305 e. The van der Waals surface area contributed by atoms with Crippen LogP contribution < -0.4 is 4.74 Å². The molecule has 3 aromatic rings. The summed E-state index contributed by atoms with van der Waals surface area (Å²) in [6, 6.07) is 16.7. The second-order valence-corrected chi connectivity index (χ2v) is 5.25. The van der Waals surface area contributed by atoms with Gasteiger partial charge in [0, 0.05) is 0 Å². The monoisotopic (exact) mass is 324 g/mol. The molecule has 1 heterocycles. The first kappa shape index (κ1) is 15.7. The molecule has 3 rings (SSSR count). The van der Waals surface area contributed by atoms with Crippen molar-refractivity contribution in [3.8, 4) is 5.75 Å². The van der Waals surface area contributed by atoms with Crippen molar-refractivity contribution in [2.45, 2.75) is 19.1 Å².